The molecule has 2 rings (SSSR count). The first kappa shape index (κ1) is 13.8. The predicted molar refractivity (Wildman–Crippen MR) is 77.6 cm³/mol. The van der Waals surface area contributed by atoms with Crippen molar-refractivity contribution in [2.24, 2.45) is 0 Å². The molecule has 1 aromatic carbocycles. The Morgan fingerprint density at radius 3 is 2.89 bits per heavy atom. The molecule has 0 aliphatic carbocycles. The Morgan fingerprint density at radius 1 is 1.21 bits per heavy atom. The van der Waals surface area contributed by atoms with Gasteiger partial charge in [-0.2, -0.15) is 0 Å². The summed E-state index contributed by atoms with van der Waals surface area (Å²) in [7, 11) is 0. The molecule has 0 aliphatic rings. The standard InChI is InChI=1S/C15H20N2O2/c1-2-19-12-9-16-8-11-17-10-7-15(18)13-5-3-4-6-14(13)17/h3-7,10,16H,2,8-9,11-12H2,1H3. The van der Waals surface area contributed by atoms with Gasteiger partial charge in [0.25, 0.3) is 0 Å². The van der Waals surface area contributed by atoms with E-state index in [9.17, 15) is 4.79 Å². The molecule has 1 N–H and O–H groups in total. The van der Waals surface area contributed by atoms with Crippen LogP contribution in [0.2, 0.25) is 0 Å². The molecule has 1 aromatic heterocycles. The Labute approximate surface area is 113 Å². The molecule has 0 atom stereocenters. The molecule has 19 heavy (non-hydrogen) atoms. The first-order valence-corrected chi connectivity index (χ1v) is 6.69. The SMILES string of the molecule is CCOCCNCCn1ccc(=O)c2ccccc21. The van der Waals surface area contributed by atoms with Crippen LogP contribution in [0.5, 0.6) is 0 Å². The van der Waals surface area contributed by atoms with Crippen LogP contribution in [0.15, 0.2) is 41.3 Å². The largest absolute Gasteiger partial charge is 0.380 e. The molecule has 0 saturated heterocycles. The summed E-state index contributed by atoms with van der Waals surface area (Å²) in [5, 5.41) is 4.10. The Morgan fingerprint density at radius 2 is 2.05 bits per heavy atom. The second-order valence-corrected chi connectivity index (χ2v) is 4.34. The van der Waals surface area contributed by atoms with Crippen LogP contribution in [-0.4, -0.2) is 30.9 Å². The predicted octanol–water partition coefficient (Wildman–Crippen LogP) is 1.63. The molecular weight excluding hydrogens is 240 g/mol. The molecule has 4 nitrogen and oxygen atoms in total. The van der Waals surface area contributed by atoms with E-state index in [1.54, 1.807) is 6.07 Å². The van der Waals surface area contributed by atoms with Gasteiger partial charge in [-0.15, -0.1) is 0 Å². The fourth-order valence-electron chi connectivity index (χ4n) is 2.07. The maximum Gasteiger partial charge on any atom is 0.189 e. The van der Waals surface area contributed by atoms with Crippen LogP contribution in [0.4, 0.5) is 0 Å². The van der Waals surface area contributed by atoms with Crippen molar-refractivity contribution >= 4 is 10.9 Å². The van der Waals surface area contributed by atoms with Crippen molar-refractivity contribution in [3.8, 4) is 0 Å². The second kappa shape index (κ2) is 7.07. The summed E-state index contributed by atoms with van der Waals surface area (Å²) < 4.78 is 7.36. The van der Waals surface area contributed by atoms with Gasteiger partial charge in [0, 0.05) is 43.9 Å². The van der Waals surface area contributed by atoms with Gasteiger partial charge in [-0.3, -0.25) is 4.79 Å². The normalized spacial score (nSPS) is 11.0. The van der Waals surface area contributed by atoms with E-state index in [2.05, 4.69) is 9.88 Å². The molecule has 0 saturated carbocycles. The topological polar surface area (TPSA) is 43.3 Å². The van der Waals surface area contributed by atoms with Crippen LogP contribution < -0.4 is 10.7 Å². The van der Waals surface area contributed by atoms with Crippen molar-refractivity contribution in [1.82, 2.24) is 9.88 Å². The van der Waals surface area contributed by atoms with E-state index in [4.69, 9.17) is 4.74 Å². The number of pyridine rings is 1. The van der Waals surface area contributed by atoms with Gasteiger partial charge >= 0.3 is 0 Å². The number of benzene rings is 1. The van der Waals surface area contributed by atoms with Crippen LogP contribution >= 0.6 is 0 Å². The van der Waals surface area contributed by atoms with Crippen molar-refractivity contribution < 1.29 is 4.74 Å². The Kier molecular flexibility index (Phi) is 5.12. The van der Waals surface area contributed by atoms with Gasteiger partial charge < -0.3 is 14.6 Å². The van der Waals surface area contributed by atoms with Gasteiger partial charge in [0.05, 0.1) is 12.1 Å². The van der Waals surface area contributed by atoms with E-state index < -0.39 is 0 Å². The van der Waals surface area contributed by atoms with Crippen LogP contribution in [0.25, 0.3) is 10.9 Å². The Balaban J connectivity index is 1.98. The fourth-order valence-corrected chi connectivity index (χ4v) is 2.07. The Hall–Kier alpha value is -1.65. The number of fused-ring (bicyclic) bond motifs is 1. The number of nitrogens with zero attached hydrogens (tertiary/aromatic N) is 1. The van der Waals surface area contributed by atoms with Gasteiger partial charge in [-0.1, -0.05) is 12.1 Å². The average molecular weight is 260 g/mol. The van der Waals surface area contributed by atoms with Gasteiger partial charge in [0.2, 0.25) is 0 Å². The van der Waals surface area contributed by atoms with Crippen molar-refractivity contribution in [1.29, 1.82) is 0 Å². The summed E-state index contributed by atoms with van der Waals surface area (Å²) in [6.07, 6.45) is 1.86. The van der Waals surface area contributed by atoms with Crippen LogP contribution in [0.3, 0.4) is 0 Å². The highest BCUT2D eigenvalue weighted by Gasteiger charge is 2.01. The lowest BCUT2D eigenvalue weighted by Gasteiger charge is -2.11. The van der Waals surface area contributed by atoms with Gasteiger partial charge in [-0.05, 0) is 19.1 Å². The molecule has 1 heterocycles. The summed E-state index contributed by atoms with van der Waals surface area (Å²) in [6.45, 7) is 6.04. The van der Waals surface area contributed by atoms with Gasteiger partial charge in [-0.25, -0.2) is 0 Å². The molecule has 0 unspecified atom stereocenters. The Bertz CT molecular complexity index is 578. The molecule has 0 bridgehead atoms. The smallest absolute Gasteiger partial charge is 0.189 e. The first-order valence-electron chi connectivity index (χ1n) is 6.69. The van der Waals surface area contributed by atoms with Crippen LogP contribution in [-0.2, 0) is 11.3 Å². The van der Waals surface area contributed by atoms with E-state index in [-0.39, 0.29) is 5.43 Å². The first-order chi connectivity index (χ1) is 9.33. The van der Waals surface area contributed by atoms with Crippen molar-refractivity contribution in [2.45, 2.75) is 13.5 Å². The molecule has 2 aromatic rings. The highest BCUT2D eigenvalue weighted by molar-refractivity contribution is 5.78. The highest BCUT2D eigenvalue weighted by Crippen LogP contribution is 2.08. The summed E-state index contributed by atoms with van der Waals surface area (Å²) in [4.78, 5) is 11.7. The van der Waals surface area contributed by atoms with Crippen molar-refractivity contribution in [2.75, 3.05) is 26.3 Å². The quantitative estimate of drug-likeness (QED) is 0.769. The molecule has 0 radical (unpaired) electrons. The van der Waals surface area contributed by atoms with Crippen LogP contribution in [0, 0.1) is 0 Å². The summed E-state index contributed by atoms with van der Waals surface area (Å²) in [5.41, 5.74) is 1.07. The fraction of sp³-hybridized carbons (Fsp3) is 0.400. The lowest BCUT2D eigenvalue weighted by Crippen LogP contribution is -2.24. The average Bonchev–Trinajstić information content (AvgIpc) is 2.45. The molecule has 0 spiro atoms. The third kappa shape index (κ3) is 3.66. The van der Waals surface area contributed by atoms with E-state index in [1.165, 1.54) is 0 Å². The number of hydrogen-bond donors (Lipinski definition) is 1. The zero-order chi connectivity index (χ0) is 13.5. The van der Waals surface area contributed by atoms with Gasteiger partial charge in [0.15, 0.2) is 5.43 Å². The number of ether oxygens (including phenoxy) is 1. The lowest BCUT2D eigenvalue weighted by atomic mass is 10.2. The highest BCUT2D eigenvalue weighted by atomic mass is 16.5. The maximum absolute atomic E-state index is 11.7. The minimum absolute atomic E-state index is 0.0798. The number of rotatable bonds is 7. The van der Waals surface area contributed by atoms with E-state index >= 15 is 0 Å². The van der Waals surface area contributed by atoms with E-state index in [0.29, 0.717) is 0 Å². The number of para-hydroxylation sites is 1. The number of aromatic nitrogens is 1. The van der Waals surface area contributed by atoms with E-state index in [0.717, 1.165) is 43.8 Å². The minimum Gasteiger partial charge on any atom is -0.380 e. The monoisotopic (exact) mass is 260 g/mol. The molecule has 0 amide bonds. The second-order valence-electron chi connectivity index (χ2n) is 4.34. The molecule has 102 valence electrons. The lowest BCUT2D eigenvalue weighted by molar-refractivity contribution is 0.149. The maximum atomic E-state index is 11.7. The molecule has 0 aliphatic heterocycles. The van der Waals surface area contributed by atoms with Crippen LogP contribution in [0.1, 0.15) is 6.92 Å². The summed E-state index contributed by atoms with van der Waals surface area (Å²) >= 11 is 0. The molecule has 4 heteroatoms. The zero-order valence-corrected chi connectivity index (χ0v) is 11.3. The van der Waals surface area contributed by atoms with Crippen molar-refractivity contribution in [3.63, 3.8) is 0 Å². The third-order valence-corrected chi connectivity index (χ3v) is 3.04. The van der Waals surface area contributed by atoms with Gasteiger partial charge in [0.1, 0.15) is 0 Å². The number of hydrogen-bond acceptors (Lipinski definition) is 3. The third-order valence-electron chi connectivity index (χ3n) is 3.04. The summed E-state index contributed by atoms with van der Waals surface area (Å²) in [5.74, 6) is 0. The van der Waals surface area contributed by atoms with E-state index in [1.807, 2.05) is 37.4 Å². The molecule has 0 fully saturated rings. The summed E-state index contributed by atoms with van der Waals surface area (Å²) in [6, 6.07) is 9.34. The zero-order valence-electron chi connectivity index (χ0n) is 11.3. The molecular formula is C15H20N2O2. The minimum atomic E-state index is 0.0798. The number of nitrogens with one attached hydrogen (secondary N) is 1. The van der Waals surface area contributed by atoms with Crippen molar-refractivity contribution in [3.05, 3.63) is 46.8 Å².